The average Bonchev–Trinajstić information content (AvgIpc) is 3.03. The molecule has 35 heavy (non-hydrogen) atoms. The Balaban J connectivity index is 1.92. The van der Waals surface area contributed by atoms with E-state index in [1.54, 1.807) is 24.9 Å². The van der Waals surface area contributed by atoms with Crippen molar-refractivity contribution in [3.8, 4) is 0 Å². The Kier molecular flexibility index (Phi) is 5.59. The molecule has 0 aromatic heterocycles. The van der Waals surface area contributed by atoms with Gasteiger partial charge in [0, 0.05) is 40.5 Å². The van der Waals surface area contributed by atoms with E-state index in [2.05, 4.69) is 15.9 Å². The number of nitrogens with zero attached hydrogens (tertiary/aromatic N) is 2. The molecule has 0 saturated heterocycles. The van der Waals surface area contributed by atoms with Gasteiger partial charge in [-0.3, -0.25) is 14.5 Å². The van der Waals surface area contributed by atoms with Crippen LogP contribution in [0.1, 0.15) is 37.3 Å². The molecule has 1 aliphatic carbocycles. The van der Waals surface area contributed by atoms with Gasteiger partial charge in [0.05, 0.1) is 12.3 Å². The summed E-state index contributed by atoms with van der Waals surface area (Å²) in [5.74, 6) is -1.12. The molecule has 1 atom stereocenters. The highest BCUT2D eigenvalue weighted by Gasteiger charge is 2.63. The lowest BCUT2D eigenvalue weighted by Gasteiger charge is -2.45. The summed E-state index contributed by atoms with van der Waals surface area (Å²) in [5, 5.41) is 0. The summed E-state index contributed by atoms with van der Waals surface area (Å²) >= 11 is 3.50. The van der Waals surface area contributed by atoms with E-state index in [0.717, 1.165) is 15.7 Å². The second-order valence-corrected chi connectivity index (χ2v) is 9.89. The number of likely N-dealkylation sites (N-methyl/N-ethyl adjacent to an activating group) is 1. The molecule has 2 aliphatic heterocycles. The summed E-state index contributed by atoms with van der Waals surface area (Å²) < 4.78 is 6.37. The number of benzene rings is 2. The number of ketones is 1. The van der Waals surface area contributed by atoms with Gasteiger partial charge >= 0.3 is 5.97 Å². The van der Waals surface area contributed by atoms with Crippen LogP contribution in [-0.2, 0) is 24.5 Å². The van der Waals surface area contributed by atoms with Crippen molar-refractivity contribution in [2.24, 2.45) is 5.73 Å². The van der Waals surface area contributed by atoms with Gasteiger partial charge in [0.15, 0.2) is 5.78 Å². The van der Waals surface area contributed by atoms with Crippen molar-refractivity contribution in [3.63, 3.8) is 0 Å². The quantitative estimate of drug-likeness (QED) is 0.591. The third kappa shape index (κ3) is 3.12. The zero-order chi connectivity index (χ0) is 25.1. The van der Waals surface area contributed by atoms with Crippen LogP contribution >= 0.6 is 15.9 Å². The number of nitrogens with two attached hydrogens (primary N) is 1. The average molecular weight is 536 g/mol. The molecule has 8 heteroatoms. The second-order valence-electron chi connectivity index (χ2n) is 8.98. The van der Waals surface area contributed by atoms with Crippen LogP contribution in [0.3, 0.4) is 0 Å². The minimum absolute atomic E-state index is 0.00234. The second kappa shape index (κ2) is 8.37. The van der Waals surface area contributed by atoms with E-state index in [1.807, 2.05) is 43.3 Å². The molecule has 1 spiro atoms. The highest BCUT2D eigenvalue weighted by atomic mass is 79.9. The number of para-hydroxylation sites is 1. The van der Waals surface area contributed by atoms with Crippen LogP contribution in [0, 0.1) is 6.92 Å². The summed E-state index contributed by atoms with van der Waals surface area (Å²) in [7, 11) is 1.66. The minimum atomic E-state index is -1.64. The zero-order valence-corrected chi connectivity index (χ0v) is 21.4. The van der Waals surface area contributed by atoms with E-state index in [9.17, 15) is 14.4 Å². The molecular formula is C27H26BrN3O4. The Labute approximate surface area is 212 Å². The Hall–Kier alpha value is -3.39. The predicted molar refractivity (Wildman–Crippen MR) is 137 cm³/mol. The number of halogens is 1. The van der Waals surface area contributed by atoms with Gasteiger partial charge in [-0.1, -0.05) is 34.1 Å². The number of hydrogen-bond acceptors (Lipinski definition) is 6. The maximum atomic E-state index is 14.2. The van der Waals surface area contributed by atoms with Crippen LogP contribution in [0.4, 0.5) is 11.4 Å². The van der Waals surface area contributed by atoms with Gasteiger partial charge < -0.3 is 15.4 Å². The van der Waals surface area contributed by atoms with Gasteiger partial charge in [0.2, 0.25) is 5.91 Å². The van der Waals surface area contributed by atoms with Crippen LogP contribution in [0.5, 0.6) is 0 Å². The van der Waals surface area contributed by atoms with Gasteiger partial charge in [-0.25, -0.2) is 4.79 Å². The fraction of sp³-hybridized carbons (Fsp3) is 0.296. The highest BCUT2D eigenvalue weighted by molar-refractivity contribution is 9.10. The third-order valence-corrected chi connectivity index (χ3v) is 7.57. The predicted octanol–water partition coefficient (Wildman–Crippen LogP) is 4.23. The Morgan fingerprint density at radius 1 is 1.14 bits per heavy atom. The molecule has 1 unspecified atom stereocenters. The molecule has 1 amide bonds. The summed E-state index contributed by atoms with van der Waals surface area (Å²) in [5.41, 5.74) is 9.05. The largest absolute Gasteiger partial charge is 0.462 e. The van der Waals surface area contributed by atoms with Crippen LogP contribution in [0.15, 0.2) is 69.6 Å². The fourth-order valence-electron chi connectivity index (χ4n) is 5.70. The SMILES string of the molecule is CCOC(=O)C1=C(N)N(c2ccc(Br)cc2C)C2=C(C(=O)CCC2)C12C(=O)N(C)c1ccccc12. The molecule has 0 fully saturated rings. The molecule has 2 heterocycles. The smallest absolute Gasteiger partial charge is 0.339 e. The summed E-state index contributed by atoms with van der Waals surface area (Å²) in [4.78, 5) is 44.8. The fourth-order valence-corrected chi connectivity index (χ4v) is 6.17. The van der Waals surface area contributed by atoms with Crippen LogP contribution < -0.4 is 15.5 Å². The monoisotopic (exact) mass is 535 g/mol. The van der Waals surface area contributed by atoms with E-state index in [-0.39, 0.29) is 29.7 Å². The number of Topliss-reactive ketones (excluding diaryl/α,β-unsaturated/α-hetero) is 1. The number of rotatable bonds is 3. The number of amides is 1. The van der Waals surface area contributed by atoms with Crippen LogP contribution in [-0.4, -0.2) is 31.3 Å². The lowest BCUT2D eigenvalue weighted by Crippen LogP contribution is -2.54. The summed E-state index contributed by atoms with van der Waals surface area (Å²) in [6.45, 7) is 3.75. The van der Waals surface area contributed by atoms with E-state index in [0.29, 0.717) is 41.8 Å². The van der Waals surface area contributed by atoms with Gasteiger partial charge in [-0.15, -0.1) is 0 Å². The standard InChI is InChI=1S/C27H26BrN3O4/c1-4-35-25(33)23-24(29)31(18-13-12-16(28)14-15(18)2)20-10-7-11-21(32)22(20)27(23)17-8-5-6-9-19(17)30(3)26(27)34/h5-6,8-9,12-14H,4,7,10-11,29H2,1-3H3. The topological polar surface area (TPSA) is 92.9 Å². The number of aryl methyl sites for hydroxylation is 1. The highest BCUT2D eigenvalue weighted by Crippen LogP contribution is 2.57. The number of allylic oxidation sites excluding steroid dienone is 1. The maximum absolute atomic E-state index is 14.2. The van der Waals surface area contributed by atoms with Crippen molar-refractivity contribution in [2.45, 2.75) is 38.5 Å². The van der Waals surface area contributed by atoms with Gasteiger partial charge in [-0.2, -0.15) is 0 Å². The first kappa shape index (κ1) is 23.4. The number of hydrogen-bond donors (Lipinski definition) is 1. The van der Waals surface area contributed by atoms with Gasteiger partial charge in [0.1, 0.15) is 16.8 Å². The molecule has 2 aromatic rings. The van der Waals surface area contributed by atoms with Crippen molar-refractivity contribution in [1.29, 1.82) is 0 Å². The van der Waals surface area contributed by atoms with E-state index in [1.165, 1.54) is 4.90 Å². The molecule has 3 aliphatic rings. The van der Waals surface area contributed by atoms with Crippen molar-refractivity contribution in [1.82, 2.24) is 0 Å². The minimum Gasteiger partial charge on any atom is -0.462 e. The van der Waals surface area contributed by atoms with E-state index in [4.69, 9.17) is 10.5 Å². The summed E-state index contributed by atoms with van der Waals surface area (Å²) in [6.07, 6.45) is 1.48. The molecule has 0 saturated carbocycles. The van der Waals surface area contributed by atoms with E-state index >= 15 is 0 Å². The first-order chi connectivity index (χ1) is 16.7. The van der Waals surface area contributed by atoms with Crippen molar-refractivity contribution < 1.29 is 19.1 Å². The Morgan fingerprint density at radius 2 is 1.89 bits per heavy atom. The number of ether oxygens (including phenoxy) is 1. The Bertz CT molecular complexity index is 1360. The number of fused-ring (bicyclic) bond motifs is 3. The molecule has 2 aromatic carbocycles. The molecule has 2 N–H and O–H groups in total. The van der Waals surface area contributed by atoms with Crippen molar-refractivity contribution in [3.05, 3.63) is 80.7 Å². The maximum Gasteiger partial charge on any atom is 0.339 e. The zero-order valence-electron chi connectivity index (χ0n) is 19.9. The number of carbonyl (C=O) groups excluding carboxylic acids is 3. The molecule has 180 valence electrons. The summed E-state index contributed by atoms with van der Waals surface area (Å²) in [6, 6.07) is 13.0. The molecule has 7 nitrogen and oxygen atoms in total. The van der Waals surface area contributed by atoms with Gasteiger partial charge in [0.25, 0.3) is 0 Å². The lowest BCUT2D eigenvalue weighted by atomic mass is 9.63. The molecule has 0 bridgehead atoms. The van der Waals surface area contributed by atoms with Crippen molar-refractivity contribution >= 4 is 45.0 Å². The third-order valence-electron chi connectivity index (χ3n) is 7.08. The first-order valence-electron chi connectivity index (χ1n) is 11.6. The van der Waals surface area contributed by atoms with Gasteiger partial charge in [-0.05, 0) is 56.5 Å². The number of anilines is 2. The molecule has 5 rings (SSSR count). The normalized spacial score (nSPS) is 21.6. The Morgan fingerprint density at radius 3 is 2.60 bits per heavy atom. The van der Waals surface area contributed by atoms with Crippen LogP contribution in [0.25, 0.3) is 0 Å². The van der Waals surface area contributed by atoms with Crippen molar-refractivity contribution in [2.75, 3.05) is 23.5 Å². The molecule has 0 radical (unpaired) electrons. The number of esters is 1. The molecular weight excluding hydrogens is 510 g/mol. The first-order valence-corrected chi connectivity index (χ1v) is 12.4. The van der Waals surface area contributed by atoms with E-state index < -0.39 is 11.4 Å². The number of carbonyl (C=O) groups is 3. The van der Waals surface area contributed by atoms with Crippen LogP contribution in [0.2, 0.25) is 0 Å². The lowest BCUT2D eigenvalue weighted by molar-refractivity contribution is -0.140.